The lowest BCUT2D eigenvalue weighted by Gasteiger charge is -1.91. The molecular formula is C6H2Br2N4S. The first-order valence-electron chi connectivity index (χ1n) is 3.25. The zero-order valence-corrected chi connectivity index (χ0v) is 10.1. The summed E-state index contributed by atoms with van der Waals surface area (Å²) in [6.07, 6.45) is 1.79. The van der Waals surface area contributed by atoms with Crippen LogP contribution in [0, 0.1) is 0 Å². The van der Waals surface area contributed by atoms with Gasteiger partial charge in [0.05, 0.1) is 4.47 Å². The van der Waals surface area contributed by atoms with Crippen LogP contribution in [0.3, 0.4) is 0 Å². The number of aliphatic imine (C=N–C) groups is 1. The second-order valence-corrected chi connectivity index (χ2v) is 4.26. The van der Waals surface area contributed by atoms with Crippen LogP contribution >= 0.6 is 44.1 Å². The molecule has 66 valence electrons. The van der Waals surface area contributed by atoms with Crippen LogP contribution in [0.4, 0.5) is 0 Å². The molecule has 0 atom stereocenters. The summed E-state index contributed by atoms with van der Waals surface area (Å²) in [5.74, 6) is 0.502. The Balaban J connectivity index is 2.48. The van der Waals surface area contributed by atoms with Crippen LogP contribution in [0.2, 0.25) is 0 Å². The van der Waals surface area contributed by atoms with Gasteiger partial charge in [-0.1, -0.05) is 0 Å². The van der Waals surface area contributed by atoms with E-state index in [-0.39, 0.29) is 5.11 Å². The number of thiocarbonyl (C=S) groups is 1. The zero-order valence-electron chi connectivity index (χ0n) is 6.08. The number of halogens is 2. The number of nitrogens with zero attached hydrogens (tertiary/aromatic N) is 3. The van der Waals surface area contributed by atoms with Gasteiger partial charge in [0.25, 0.3) is 0 Å². The third kappa shape index (κ3) is 1.63. The Kier molecular flexibility index (Phi) is 2.39. The fraction of sp³-hybridized carbons (Fsp3) is 0. The maximum atomic E-state index is 4.76. The molecule has 13 heavy (non-hydrogen) atoms. The monoisotopic (exact) mass is 320 g/mol. The summed E-state index contributed by atoms with van der Waals surface area (Å²) in [7, 11) is 0. The normalized spacial score (nSPS) is 15.2. The standard InChI is InChI=1S/C6H2Br2N4S/c7-2-1-9-4(3(2)8)5-10-6(13)12-11-5/h1,9H. The molecule has 0 aromatic carbocycles. The Morgan fingerprint density at radius 3 is 2.54 bits per heavy atom. The van der Waals surface area contributed by atoms with Crippen molar-refractivity contribution in [2.75, 3.05) is 0 Å². The summed E-state index contributed by atoms with van der Waals surface area (Å²) in [5, 5.41) is 7.71. The van der Waals surface area contributed by atoms with Crippen LogP contribution in [-0.2, 0) is 0 Å². The second kappa shape index (κ2) is 3.39. The van der Waals surface area contributed by atoms with Crippen molar-refractivity contribution in [2.45, 2.75) is 0 Å². The minimum absolute atomic E-state index is 0.257. The van der Waals surface area contributed by atoms with Crippen molar-refractivity contribution in [1.82, 2.24) is 4.98 Å². The van der Waals surface area contributed by atoms with Gasteiger partial charge in [-0.05, 0) is 44.1 Å². The van der Waals surface area contributed by atoms with Crippen molar-refractivity contribution in [3.8, 4) is 0 Å². The zero-order chi connectivity index (χ0) is 9.42. The number of H-pyrrole nitrogens is 1. The predicted octanol–water partition coefficient (Wildman–Crippen LogP) is 3.04. The van der Waals surface area contributed by atoms with Gasteiger partial charge < -0.3 is 4.98 Å². The molecule has 2 rings (SSSR count). The van der Waals surface area contributed by atoms with Crippen LogP contribution in [0.25, 0.3) is 0 Å². The fourth-order valence-corrected chi connectivity index (χ4v) is 1.72. The predicted molar refractivity (Wildman–Crippen MR) is 60.2 cm³/mol. The summed E-state index contributed by atoms with van der Waals surface area (Å²) < 4.78 is 1.79. The van der Waals surface area contributed by atoms with Crippen LogP contribution in [0.5, 0.6) is 0 Å². The molecule has 0 aliphatic carbocycles. The first-order valence-corrected chi connectivity index (χ1v) is 5.25. The number of aromatic amines is 1. The summed E-state index contributed by atoms with van der Waals surface area (Å²) in [6, 6.07) is 0. The van der Waals surface area contributed by atoms with E-state index in [1.165, 1.54) is 0 Å². The van der Waals surface area contributed by atoms with Crippen molar-refractivity contribution < 1.29 is 0 Å². The van der Waals surface area contributed by atoms with E-state index < -0.39 is 0 Å². The molecule has 0 saturated heterocycles. The maximum absolute atomic E-state index is 4.76. The smallest absolute Gasteiger partial charge is 0.242 e. The molecule has 1 N–H and O–H groups in total. The molecule has 0 spiro atoms. The highest BCUT2D eigenvalue weighted by Gasteiger charge is 2.16. The Morgan fingerprint density at radius 2 is 2.08 bits per heavy atom. The number of hydrogen-bond acceptors (Lipinski definition) is 2. The van der Waals surface area contributed by atoms with Crippen molar-refractivity contribution in [2.24, 2.45) is 15.2 Å². The third-order valence-corrected chi connectivity index (χ3v) is 3.58. The van der Waals surface area contributed by atoms with E-state index in [4.69, 9.17) is 12.2 Å². The highest BCUT2D eigenvalue weighted by Crippen LogP contribution is 2.27. The lowest BCUT2D eigenvalue weighted by molar-refractivity contribution is 1.32. The minimum atomic E-state index is 0.257. The molecular weight excluding hydrogens is 320 g/mol. The summed E-state index contributed by atoms with van der Waals surface area (Å²) >= 11 is 11.5. The molecule has 0 saturated carbocycles. The number of hydrogen-bond donors (Lipinski definition) is 1. The molecule has 4 nitrogen and oxygen atoms in total. The summed E-state index contributed by atoms with van der Waals surface area (Å²) in [4.78, 5) is 6.96. The van der Waals surface area contributed by atoms with Gasteiger partial charge in [0.1, 0.15) is 5.69 Å². The molecule has 1 aromatic heterocycles. The quantitative estimate of drug-likeness (QED) is 0.794. The van der Waals surface area contributed by atoms with Crippen LogP contribution in [0.1, 0.15) is 5.69 Å². The van der Waals surface area contributed by atoms with Crippen molar-refractivity contribution in [3.63, 3.8) is 0 Å². The highest BCUT2D eigenvalue weighted by atomic mass is 79.9. The highest BCUT2D eigenvalue weighted by molar-refractivity contribution is 9.13. The van der Waals surface area contributed by atoms with Gasteiger partial charge in [-0.2, -0.15) is 4.99 Å². The van der Waals surface area contributed by atoms with E-state index in [0.29, 0.717) is 5.84 Å². The van der Waals surface area contributed by atoms with E-state index in [0.717, 1.165) is 14.6 Å². The lowest BCUT2D eigenvalue weighted by Crippen LogP contribution is -1.95. The second-order valence-electron chi connectivity index (χ2n) is 2.24. The van der Waals surface area contributed by atoms with Gasteiger partial charge in [-0.15, -0.1) is 10.2 Å². The molecule has 0 unspecified atom stereocenters. The third-order valence-electron chi connectivity index (χ3n) is 1.43. The molecule has 0 radical (unpaired) electrons. The van der Waals surface area contributed by atoms with Gasteiger partial charge in [-0.25, -0.2) is 0 Å². The average Bonchev–Trinajstić information content (AvgIpc) is 2.62. The first kappa shape index (κ1) is 9.17. The average molecular weight is 322 g/mol. The van der Waals surface area contributed by atoms with E-state index >= 15 is 0 Å². The fourth-order valence-electron chi connectivity index (χ4n) is 0.876. The Labute approximate surface area is 95.8 Å². The Bertz CT molecular complexity index is 434. The number of nitrogens with one attached hydrogen (secondary N) is 1. The van der Waals surface area contributed by atoms with Crippen molar-refractivity contribution >= 4 is 55.0 Å². The van der Waals surface area contributed by atoms with Crippen molar-refractivity contribution in [1.29, 1.82) is 0 Å². The molecule has 7 heteroatoms. The molecule has 1 aromatic rings. The molecule has 2 heterocycles. The molecule has 0 amide bonds. The Hall–Kier alpha value is -0.400. The van der Waals surface area contributed by atoms with Gasteiger partial charge in [0, 0.05) is 10.7 Å². The van der Waals surface area contributed by atoms with Crippen LogP contribution < -0.4 is 0 Å². The van der Waals surface area contributed by atoms with Gasteiger partial charge >= 0.3 is 0 Å². The van der Waals surface area contributed by atoms with Crippen LogP contribution in [-0.4, -0.2) is 15.9 Å². The van der Waals surface area contributed by atoms with E-state index in [1.54, 1.807) is 6.20 Å². The van der Waals surface area contributed by atoms with Crippen molar-refractivity contribution in [3.05, 3.63) is 20.8 Å². The number of amidine groups is 1. The topological polar surface area (TPSA) is 52.9 Å². The van der Waals surface area contributed by atoms with Crippen LogP contribution in [0.15, 0.2) is 30.4 Å². The SMILES string of the molecule is S=C1N=NC(c2[nH]cc(Br)c2Br)=N1. The summed E-state index contributed by atoms with van der Waals surface area (Å²) in [6.45, 7) is 0. The molecule has 1 aliphatic heterocycles. The number of azo groups is 1. The number of rotatable bonds is 1. The largest absolute Gasteiger partial charge is 0.356 e. The number of aromatic nitrogens is 1. The van der Waals surface area contributed by atoms with Gasteiger partial charge in [0.2, 0.25) is 10.9 Å². The molecule has 0 fully saturated rings. The Morgan fingerprint density at radius 1 is 1.31 bits per heavy atom. The lowest BCUT2D eigenvalue weighted by atomic mass is 10.4. The van der Waals surface area contributed by atoms with Gasteiger partial charge in [-0.3, -0.25) is 0 Å². The van der Waals surface area contributed by atoms with E-state index in [9.17, 15) is 0 Å². The first-order chi connectivity index (χ1) is 6.18. The van der Waals surface area contributed by atoms with E-state index in [2.05, 4.69) is 52.1 Å². The van der Waals surface area contributed by atoms with Gasteiger partial charge in [0.15, 0.2) is 0 Å². The summed E-state index contributed by atoms with van der Waals surface area (Å²) in [5.41, 5.74) is 0.774. The molecule has 1 aliphatic rings. The minimum Gasteiger partial charge on any atom is -0.356 e. The molecule has 0 bridgehead atoms. The van der Waals surface area contributed by atoms with E-state index in [1.807, 2.05) is 0 Å². The maximum Gasteiger partial charge on any atom is 0.242 e.